The summed E-state index contributed by atoms with van der Waals surface area (Å²) < 4.78 is 0. The average Bonchev–Trinajstić information content (AvgIpc) is 2.65. The van der Waals surface area contributed by atoms with E-state index in [-0.39, 0.29) is 10.8 Å². The summed E-state index contributed by atoms with van der Waals surface area (Å²) in [6, 6.07) is 31.9. The molecule has 1 atom stereocenters. The first kappa shape index (κ1) is 17.8. The van der Waals surface area contributed by atoms with Crippen molar-refractivity contribution < 1.29 is 0 Å². The van der Waals surface area contributed by atoms with Crippen LogP contribution in [-0.4, -0.2) is 5.37 Å². The van der Waals surface area contributed by atoms with Crippen LogP contribution in [0.5, 0.6) is 0 Å². The third-order valence-electron chi connectivity index (χ3n) is 5.33. The lowest BCUT2D eigenvalue weighted by atomic mass is 9.55. The lowest BCUT2D eigenvalue weighted by molar-refractivity contribution is 0.235. The lowest BCUT2D eigenvalue weighted by Gasteiger charge is -2.50. The molecular weight excluding hydrogens is 322 g/mol. The molecule has 0 saturated heterocycles. The fourth-order valence-corrected chi connectivity index (χ4v) is 4.10. The lowest BCUT2D eigenvalue weighted by Crippen LogP contribution is -2.52. The van der Waals surface area contributed by atoms with Crippen LogP contribution in [0.4, 0.5) is 0 Å². The second-order valence-electron chi connectivity index (χ2n) is 7.01. The maximum atomic E-state index is 6.43. The van der Waals surface area contributed by atoms with E-state index in [9.17, 15) is 0 Å². The monoisotopic (exact) mass is 347 g/mol. The van der Waals surface area contributed by atoms with Crippen molar-refractivity contribution in [2.45, 2.75) is 24.6 Å². The normalized spacial score (nSPS) is 13.4. The molecule has 2 heteroatoms. The van der Waals surface area contributed by atoms with Crippen molar-refractivity contribution in [3.63, 3.8) is 0 Å². The standard InChI is InChI=1S/C23H25NS/c1-22(2,21(24)25)23(18-12-6-3-7-13-18,19-14-8-4-9-15-19)20-16-10-5-11-17-20/h3-17,21,25H,24H2,1-2H3/t21-/m0/s1. The van der Waals surface area contributed by atoms with Crippen LogP contribution in [0.25, 0.3) is 0 Å². The van der Waals surface area contributed by atoms with Gasteiger partial charge in [-0.05, 0) is 16.7 Å². The second kappa shape index (κ2) is 7.07. The van der Waals surface area contributed by atoms with Crippen molar-refractivity contribution in [1.29, 1.82) is 0 Å². The zero-order chi connectivity index (χ0) is 17.9. The Labute approximate surface area is 156 Å². The van der Waals surface area contributed by atoms with Gasteiger partial charge in [-0.15, -0.1) is 0 Å². The maximum absolute atomic E-state index is 6.43. The molecule has 0 radical (unpaired) electrons. The zero-order valence-corrected chi connectivity index (χ0v) is 15.7. The van der Waals surface area contributed by atoms with Crippen LogP contribution >= 0.6 is 12.6 Å². The molecule has 0 amide bonds. The summed E-state index contributed by atoms with van der Waals surface area (Å²) in [5.41, 5.74) is 9.37. The average molecular weight is 348 g/mol. The van der Waals surface area contributed by atoms with Gasteiger partial charge in [0.2, 0.25) is 0 Å². The molecule has 0 aliphatic carbocycles. The van der Waals surface area contributed by atoms with Crippen LogP contribution in [0.15, 0.2) is 91.0 Å². The molecule has 1 nitrogen and oxygen atoms in total. The van der Waals surface area contributed by atoms with E-state index < -0.39 is 5.41 Å². The van der Waals surface area contributed by atoms with Gasteiger partial charge in [0.15, 0.2) is 0 Å². The molecule has 3 aromatic carbocycles. The van der Waals surface area contributed by atoms with Gasteiger partial charge in [0, 0.05) is 5.41 Å². The Morgan fingerprint density at radius 3 is 1.16 bits per heavy atom. The SMILES string of the molecule is CC(C)([C@@H](N)S)C(c1ccccc1)(c1ccccc1)c1ccccc1. The minimum absolute atomic E-state index is 0.298. The smallest absolute Gasteiger partial charge is 0.0544 e. The van der Waals surface area contributed by atoms with Crippen LogP contribution in [0.3, 0.4) is 0 Å². The Hall–Kier alpha value is -2.03. The van der Waals surface area contributed by atoms with E-state index in [1.807, 2.05) is 0 Å². The van der Waals surface area contributed by atoms with E-state index in [1.54, 1.807) is 0 Å². The minimum atomic E-state index is -0.405. The van der Waals surface area contributed by atoms with Crippen LogP contribution in [0.1, 0.15) is 30.5 Å². The van der Waals surface area contributed by atoms with Crippen LogP contribution in [0, 0.1) is 5.41 Å². The largest absolute Gasteiger partial charge is 0.319 e. The Morgan fingerprint density at radius 2 is 0.920 bits per heavy atom. The maximum Gasteiger partial charge on any atom is 0.0544 e. The number of rotatable bonds is 5. The molecule has 0 fully saturated rings. The Morgan fingerprint density at radius 1 is 0.640 bits per heavy atom. The third-order valence-corrected chi connectivity index (χ3v) is 5.97. The Kier molecular flexibility index (Phi) is 5.03. The zero-order valence-electron chi connectivity index (χ0n) is 14.8. The summed E-state index contributed by atoms with van der Waals surface area (Å²) in [6.07, 6.45) is 0. The van der Waals surface area contributed by atoms with E-state index in [2.05, 4.69) is 105 Å². The topological polar surface area (TPSA) is 26.0 Å². The van der Waals surface area contributed by atoms with Gasteiger partial charge < -0.3 is 5.73 Å². The minimum Gasteiger partial charge on any atom is -0.319 e. The molecule has 0 saturated carbocycles. The Bertz CT molecular complexity index is 699. The summed E-state index contributed by atoms with van der Waals surface area (Å²) in [7, 11) is 0. The first-order valence-electron chi connectivity index (χ1n) is 8.61. The highest BCUT2D eigenvalue weighted by Gasteiger charge is 2.51. The summed E-state index contributed by atoms with van der Waals surface area (Å²) in [6.45, 7) is 4.41. The van der Waals surface area contributed by atoms with E-state index >= 15 is 0 Å². The predicted octanol–water partition coefficient (Wildman–Crippen LogP) is 5.26. The third kappa shape index (κ3) is 2.90. The predicted molar refractivity (Wildman–Crippen MR) is 110 cm³/mol. The molecule has 25 heavy (non-hydrogen) atoms. The highest BCUT2D eigenvalue weighted by Crippen LogP contribution is 2.53. The molecule has 2 N–H and O–H groups in total. The summed E-state index contributed by atoms with van der Waals surface area (Å²) in [5, 5.41) is -0.298. The van der Waals surface area contributed by atoms with E-state index in [4.69, 9.17) is 18.4 Å². The highest BCUT2D eigenvalue weighted by atomic mass is 32.1. The first-order valence-corrected chi connectivity index (χ1v) is 9.13. The molecule has 3 aromatic rings. The van der Waals surface area contributed by atoms with E-state index in [0.717, 1.165) is 0 Å². The van der Waals surface area contributed by atoms with Crippen molar-refractivity contribution in [2.75, 3.05) is 0 Å². The molecule has 0 bridgehead atoms. The van der Waals surface area contributed by atoms with Gasteiger partial charge in [0.25, 0.3) is 0 Å². The quantitative estimate of drug-likeness (QED) is 0.367. The van der Waals surface area contributed by atoms with Crippen molar-refractivity contribution in [1.82, 2.24) is 0 Å². The molecule has 0 spiro atoms. The van der Waals surface area contributed by atoms with Gasteiger partial charge in [0.1, 0.15) is 0 Å². The van der Waals surface area contributed by atoms with Gasteiger partial charge in [-0.3, -0.25) is 0 Å². The summed E-state index contributed by atoms with van der Waals surface area (Å²) in [5.74, 6) is 0. The molecule has 0 aromatic heterocycles. The molecule has 0 heterocycles. The van der Waals surface area contributed by atoms with Crippen LogP contribution < -0.4 is 5.73 Å². The van der Waals surface area contributed by atoms with Gasteiger partial charge in [-0.25, -0.2) is 0 Å². The summed E-state index contributed by atoms with van der Waals surface area (Å²) >= 11 is 4.70. The Balaban J connectivity index is 2.45. The first-order chi connectivity index (χ1) is 12.0. The highest BCUT2D eigenvalue weighted by molar-refractivity contribution is 7.80. The summed E-state index contributed by atoms with van der Waals surface area (Å²) in [4.78, 5) is 0. The van der Waals surface area contributed by atoms with Gasteiger partial charge in [-0.2, -0.15) is 12.6 Å². The molecule has 128 valence electrons. The van der Waals surface area contributed by atoms with Crippen LogP contribution in [-0.2, 0) is 5.41 Å². The molecule has 3 rings (SSSR count). The number of thiol groups is 1. The number of hydrogen-bond donors (Lipinski definition) is 2. The second-order valence-corrected chi connectivity index (χ2v) is 7.57. The van der Waals surface area contributed by atoms with Crippen molar-refractivity contribution in [3.8, 4) is 0 Å². The molecule has 0 aliphatic rings. The van der Waals surface area contributed by atoms with Gasteiger partial charge in [-0.1, -0.05) is 105 Å². The van der Waals surface area contributed by atoms with Crippen molar-refractivity contribution in [2.24, 2.45) is 11.1 Å². The van der Waals surface area contributed by atoms with Crippen LogP contribution in [0.2, 0.25) is 0 Å². The fraction of sp³-hybridized carbons (Fsp3) is 0.217. The number of hydrogen-bond acceptors (Lipinski definition) is 2. The fourth-order valence-electron chi connectivity index (χ4n) is 3.90. The van der Waals surface area contributed by atoms with Gasteiger partial charge >= 0.3 is 0 Å². The number of benzene rings is 3. The van der Waals surface area contributed by atoms with E-state index in [1.165, 1.54) is 16.7 Å². The van der Waals surface area contributed by atoms with Crippen molar-refractivity contribution in [3.05, 3.63) is 108 Å². The van der Waals surface area contributed by atoms with E-state index in [0.29, 0.717) is 0 Å². The van der Waals surface area contributed by atoms with Gasteiger partial charge in [0.05, 0.1) is 10.8 Å². The molecular formula is C23H25NS. The molecule has 0 aliphatic heterocycles. The van der Waals surface area contributed by atoms with Crippen molar-refractivity contribution >= 4 is 12.6 Å². The number of nitrogens with two attached hydrogens (primary N) is 1. The molecule has 0 unspecified atom stereocenters.